The summed E-state index contributed by atoms with van der Waals surface area (Å²) in [4.78, 5) is 26.1. The van der Waals surface area contributed by atoms with Gasteiger partial charge in [-0.15, -0.1) is 0 Å². The lowest BCUT2D eigenvalue weighted by atomic mass is 9.90. The van der Waals surface area contributed by atoms with E-state index in [1.807, 2.05) is 55.5 Å². The Morgan fingerprint density at radius 2 is 1.76 bits per heavy atom. The van der Waals surface area contributed by atoms with Crippen LogP contribution >= 0.6 is 0 Å². The number of aliphatic carboxylic acids is 1. The van der Waals surface area contributed by atoms with Crippen molar-refractivity contribution in [2.75, 3.05) is 4.90 Å². The Morgan fingerprint density at radius 1 is 1.03 bits per heavy atom. The summed E-state index contributed by atoms with van der Waals surface area (Å²) in [6.07, 6.45) is 1.22. The van der Waals surface area contributed by atoms with Crippen LogP contribution in [0.1, 0.15) is 53.6 Å². The number of hydrogen-bond donors (Lipinski definition) is 1. The Balaban J connectivity index is 1.61. The van der Waals surface area contributed by atoms with Crippen LogP contribution in [-0.4, -0.2) is 23.0 Å². The van der Waals surface area contributed by atoms with Gasteiger partial charge in [-0.25, -0.2) is 4.39 Å². The number of amides is 1. The molecule has 1 N–H and O–H groups in total. The summed E-state index contributed by atoms with van der Waals surface area (Å²) in [5.41, 5.74) is 3.21. The molecular weight excluding hydrogens is 421 g/mol. The summed E-state index contributed by atoms with van der Waals surface area (Å²) in [6.45, 7) is 2.40. The molecule has 1 heterocycles. The van der Waals surface area contributed by atoms with Gasteiger partial charge in [0, 0.05) is 29.6 Å². The summed E-state index contributed by atoms with van der Waals surface area (Å²) in [5.74, 6) is -0.760. The number of benzene rings is 3. The third-order valence-corrected chi connectivity index (χ3v) is 6.11. The average Bonchev–Trinajstić information content (AvgIpc) is 3.09. The first-order valence-electron chi connectivity index (χ1n) is 11.1. The predicted molar refractivity (Wildman–Crippen MR) is 124 cm³/mol. The number of ether oxygens (including phenoxy) is 1. The largest absolute Gasteiger partial charge is 0.489 e. The van der Waals surface area contributed by atoms with Gasteiger partial charge >= 0.3 is 5.97 Å². The molecule has 0 bridgehead atoms. The Morgan fingerprint density at radius 3 is 2.45 bits per heavy atom. The number of fused-ring (bicyclic) bond motifs is 1. The quantitative estimate of drug-likeness (QED) is 0.474. The van der Waals surface area contributed by atoms with Crippen molar-refractivity contribution >= 4 is 17.6 Å². The van der Waals surface area contributed by atoms with Gasteiger partial charge in [0.2, 0.25) is 0 Å². The monoisotopic (exact) mass is 447 g/mol. The molecule has 2 unspecified atom stereocenters. The molecule has 5 nitrogen and oxygen atoms in total. The highest BCUT2D eigenvalue weighted by Crippen LogP contribution is 2.45. The summed E-state index contributed by atoms with van der Waals surface area (Å²) >= 11 is 0. The van der Waals surface area contributed by atoms with Crippen molar-refractivity contribution in [3.63, 3.8) is 0 Å². The summed E-state index contributed by atoms with van der Waals surface area (Å²) in [6, 6.07) is 20.9. The third kappa shape index (κ3) is 5.06. The van der Waals surface area contributed by atoms with E-state index < -0.39 is 11.8 Å². The zero-order valence-corrected chi connectivity index (χ0v) is 18.4. The lowest BCUT2D eigenvalue weighted by Gasteiger charge is -2.25. The number of carboxylic acid groups (broad SMARTS) is 1. The number of rotatable bonds is 8. The minimum absolute atomic E-state index is 0.0241. The zero-order chi connectivity index (χ0) is 23.4. The van der Waals surface area contributed by atoms with Crippen molar-refractivity contribution in [2.45, 2.75) is 44.8 Å². The standard InChI is InChI=1S/C27H26FNO4/c1-18-23(8-5-9-26(30)31)24-16-22(33-17-19-6-3-2-4-7-19)14-15-25(24)29(18)27(32)20-10-12-21(28)13-11-20/h2-4,6-7,10-16,18,23H,5,8-9,17H2,1H3,(H,30,31). The second kappa shape index (κ2) is 9.86. The van der Waals surface area contributed by atoms with Crippen molar-refractivity contribution in [3.05, 3.63) is 95.3 Å². The molecule has 4 rings (SSSR count). The van der Waals surface area contributed by atoms with Crippen molar-refractivity contribution < 1.29 is 23.8 Å². The lowest BCUT2D eigenvalue weighted by molar-refractivity contribution is -0.137. The number of carboxylic acids is 1. The van der Waals surface area contributed by atoms with Gasteiger partial charge in [-0.05, 0) is 73.4 Å². The molecule has 0 spiro atoms. The van der Waals surface area contributed by atoms with Crippen LogP contribution in [-0.2, 0) is 11.4 Å². The fourth-order valence-corrected chi connectivity index (χ4v) is 4.43. The van der Waals surface area contributed by atoms with Crippen LogP contribution in [0.25, 0.3) is 0 Å². The molecule has 1 aliphatic heterocycles. The average molecular weight is 448 g/mol. The first kappa shape index (κ1) is 22.5. The third-order valence-electron chi connectivity index (χ3n) is 6.11. The van der Waals surface area contributed by atoms with Crippen LogP contribution in [0.4, 0.5) is 10.1 Å². The van der Waals surface area contributed by atoms with Gasteiger partial charge in [-0.3, -0.25) is 9.59 Å². The topological polar surface area (TPSA) is 66.8 Å². The van der Waals surface area contributed by atoms with Crippen LogP contribution < -0.4 is 9.64 Å². The SMILES string of the molecule is CC1C(CCCC(=O)O)c2cc(OCc3ccccc3)ccc2N1C(=O)c1ccc(F)cc1. The normalized spacial score (nSPS) is 17.0. The van der Waals surface area contributed by atoms with E-state index in [4.69, 9.17) is 9.84 Å². The van der Waals surface area contributed by atoms with E-state index in [0.29, 0.717) is 30.8 Å². The zero-order valence-electron chi connectivity index (χ0n) is 18.4. The molecule has 0 fully saturated rings. The van der Waals surface area contributed by atoms with E-state index in [1.165, 1.54) is 24.3 Å². The number of anilines is 1. The molecule has 0 radical (unpaired) electrons. The molecule has 0 saturated heterocycles. The molecule has 1 amide bonds. The molecule has 3 aromatic rings. The van der Waals surface area contributed by atoms with Crippen molar-refractivity contribution in [2.24, 2.45) is 0 Å². The van der Waals surface area contributed by atoms with Gasteiger partial charge in [0.25, 0.3) is 5.91 Å². The number of nitrogens with zero attached hydrogens (tertiary/aromatic N) is 1. The molecule has 1 aliphatic rings. The molecule has 0 aliphatic carbocycles. The van der Waals surface area contributed by atoms with Gasteiger partial charge in [0.05, 0.1) is 0 Å². The number of halogens is 1. The number of hydrogen-bond acceptors (Lipinski definition) is 3. The predicted octanol–water partition coefficient (Wildman–Crippen LogP) is 5.79. The van der Waals surface area contributed by atoms with Crippen LogP contribution in [0.15, 0.2) is 72.8 Å². The minimum Gasteiger partial charge on any atom is -0.489 e. The molecule has 33 heavy (non-hydrogen) atoms. The molecule has 0 aromatic heterocycles. The number of carbonyl (C=O) groups excluding carboxylic acids is 1. The smallest absolute Gasteiger partial charge is 0.303 e. The minimum atomic E-state index is -0.833. The maximum absolute atomic E-state index is 13.4. The molecular formula is C27H26FNO4. The van der Waals surface area contributed by atoms with Crippen molar-refractivity contribution in [3.8, 4) is 5.75 Å². The summed E-state index contributed by atoms with van der Waals surface area (Å²) < 4.78 is 19.4. The Labute approximate surface area is 192 Å². The van der Waals surface area contributed by atoms with E-state index in [1.54, 1.807) is 4.90 Å². The molecule has 3 aromatic carbocycles. The van der Waals surface area contributed by atoms with Gasteiger partial charge in [0.15, 0.2) is 0 Å². The molecule has 2 atom stereocenters. The summed E-state index contributed by atoms with van der Waals surface area (Å²) in [5, 5.41) is 9.07. The Bertz CT molecular complexity index is 1130. The van der Waals surface area contributed by atoms with E-state index in [2.05, 4.69) is 0 Å². The van der Waals surface area contributed by atoms with Gasteiger partial charge < -0.3 is 14.7 Å². The van der Waals surface area contributed by atoms with Gasteiger partial charge in [0.1, 0.15) is 18.2 Å². The fraction of sp³-hybridized carbons (Fsp3) is 0.259. The van der Waals surface area contributed by atoms with Crippen molar-refractivity contribution in [1.82, 2.24) is 0 Å². The van der Waals surface area contributed by atoms with Crippen LogP contribution in [0, 0.1) is 5.82 Å². The molecule has 0 saturated carbocycles. The second-order valence-corrected chi connectivity index (χ2v) is 8.31. The highest BCUT2D eigenvalue weighted by molar-refractivity contribution is 6.08. The fourth-order valence-electron chi connectivity index (χ4n) is 4.43. The van der Waals surface area contributed by atoms with Crippen LogP contribution in [0.5, 0.6) is 5.75 Å². The van der Waals surface area contributed by atoms with E-state index >= 15 is 0 Å². The first-order valence-corrected chi connectivity index (χ1v) is 11.1. The van der Waals surface area contributed by atoms with Crippen LogP contribution in [0.3, 0.4) is 0 Å². The molecule has 170 valence electrons. The second-order valence-electron chi connectivity index (χ2n) is 8.31. The van der Waals surface area contributed by atoms with Gasteiger partial charge in [-0.1, -0.05) is 30.3 Å². The summed E-state index contributed by atoms with van der Waals surface area (Å²) in [7, 11) is 0. The van der Waals surface area contributed by atoms with E-state index in [0.717, 1.165) is 16.8 Å². The highest BCUT2D eigenvalue weighted by Gasteiger charge is 2.39. The van der Waals surface area contributed by atoms with E-state index in [9.17, 15) is 14.0 Å². The van der Waals surface area contributed by atoms with Gasteiger partial charge in [-0.2, -0.15) is 0 Å². The first-order chi connectivity index (χ1) is 15.9. The van der Waals surface area contributed by atoms with Crippen LogP contribution in [0.2, 0.25) is 0 Å². The van der Waals surface area contributed by atoms with E-state index in [-0.39, 0.29) is 24.3 Å². The lowest BCUT2D eigenvalue weighted by Crippen LogP contribution is -2.37. The Kier molecular flexibility index (Phi) is 6.73. The number of carbonyl (C=O) groups is 2. The van der Waals surface area contributed by atoms with Crippen molar-refractivity contribution in [1.29, 1.82) is 0 Å². The highest BCUT2D eigenvalue weighted by atomic mass is 19.1. The molecule has 6 heteroatoms. The maximum atomic E-state index is 13.4. The Hall–Kier alpha value is -3.67. The maximum Gasteiger partial charge on any atom is 0.303 e.